The van der Waals surface area contributed by atoms with E-state index in [1.807, 2.05) is 62.4 Å². The Balaban J connectivity index is 2.05. The van der Waals surface area contributed by atoms with Crippen molar-refractivity contribution < 1.29 is 10.2 Å². The molecule has 0 spiro atoms. The SMILES string of the molecule is CC(C)[C@@](O)(CSCc1ccccc1)[C@H](O)c1ccccc1. The average Bonchev–Trinajstić information content (AvgIpc) is 2.55. The first-order valence-electron chi connectivity index (χ1n) is 7.61. The van der Waals surface area contributed by atoms with Gasteiger partial charge in [0.2, 0.25) is 0 Å². The molecule has 0 fully saturated rings. The van der Waals surface area contributed by atoms with Gasteiger partial charge >= 0.3 is 0 Å². The van der Waals surface area contributed by atoms with E-state index in [1.165, 1.54) is 5.56 Å². The van der Waals surface area contributed by atoms with Gasteiger partial charge in [-0.25, -0.2) is 0 Å². The first-order valence-corrected chi connectivity index (χ1v) is 8.76. The summed E-state index contributed by atoms with van der Waals surface area (Å²) in [5, 5.41) is 21.7. The molecule has 0 saturated heterocycles. The van der Waals surface area contributed by atoms with Gasteiger partial charge < -0.3 is 10.2 Å². The normalized spacial score (nSPS) is 15.5. The second-order valence-electron chi connectivity index (χ2n) is 5.94. The fraction of sp³-hybridized carbons (Fsp3) is 0.368. The van der Waals surface area contributed by atoms with Crippen LogP contribution in [0.3, 0.4) is 0 Å². The van der Waals surface area contributed by atoms with Crippen LogP contribution < -0.4 is 0 Å². The fourth-order valence-electron chi connectivity index (χ4n) is 2.39. The lowest BCUT2D eigenvalue weighted by molar-refractivity contribution is -0.0903. The molecule has 2 aromatic carbocycles. The van der Waals surface area contributed by atoms with Crippen LogP contribution in [0.25, 0.3) is 0 Å². The average molecular weight is 316 g/mol. The summed E-state index contributed by atoms with van der Waals surface area (Å²) in [5.74, 6) is 1.29. The van der Waals surface area contributed by atoms with E-state index in [0.717, 1.165) is 11.3 Å². The molecule has 2 atom stereocenters. The van der Waals surface area contributed by atoms with Crippen molar-refractivity contribution in [1.82, 2.24) is 0 Å². The summed E-state index contributed by atoms with van der Waals surface area (Å²) in [4.78, 5) is 0. The molecular formula is C19H24O2S. The van der Waals surface area contributed by atoms with Gasteiger partial charge in [0.1, 0.15) is 11.7 Å². The van der Waals surface area contributed by atoms with E-state index in [2.05, 4.69) is 12.1 Å². The van der Waals surface area contributed by atoms with Gasteiger partial charge in [-0.1, -0.05) is 74.5 Å². The van der Waals surface area contributed by atoms with Crippen LogP contribution in [0.15, 0.2) is 60.7 Å². The van der Waals surface area contributed by atoms with Gasteiger partial charge in [0.15, 0.2) is 0 Å². The topological polar surface area (TPSA) is 40.5 Å². The molecule has 22 heavy (non-hydrogen) atoms. The molecule has 0 aliphatic heterocycles. The minimum atomic E-state index is -1.14. The lowest BCUT2D eigenvalue weighted by Gasteiger charge is -2.36. The summed E-state index contributed by atoms with van der Waals surface area (Å²) in [7, 11) is 0. The minimum absolute atomic E-state index is 0.0361. The molecule has 2 aromatic rings. The van der Waals surface area contributed by atoms with Gasteiger partial charge in [-0.3, -0.25) is 0 Å². The van der Waals surface area contributed by atoms with E-state index in [-0.39, 0.29) is 5.92 Å². The van der Waals surface area contributed by atoms with Crippen LogP contribution in [0.2, 0.25) is 0 Å². The number of hydrogen-bond acceptors (Lipinski definition) is 3. The second kappa shape index (κ2) is 7.82. The highest BCUT2D eigenvalue weighted by atomic mass is 32.2. The Hall–Kier alpha value is -1.29. The molecule has 2 rings (SSSR count). The maximum Gasteiger partial charge on any atom is 0.109 e. The summed E-state index contributed by atoms with van der Waals surface area (Å²) in [5.41, 5.74) is 0.854. The third-order valence-electron chi connectivity index (χ3n) is 4.03. The molecular weight excluding hydrogens is 292 g/mol. The third-order valence-corrected chi connectivity index (χ3v) is 5.24. The third kappa shape index (κ3) is 4.13. The van der Waals surface area contributed by atoms with Crippen molar-refractivity contribution >= 4 is 11.8 Å². The predicted molar refractivity (Wildman–Crippen MR) is 93.8 cm³/mol. The summed E-state index contributed by atoms with van der Waals surface area (Å²) in [6.07, 6.45) is -0.878. The highest BCUT2D eigenvalue weighted by Crippen LogP contribution is 2.35. The van der Waals surface area contributed by atoms with Crippen LogP contribution in [0.1, 0.15) is 31.1 Å². The Morgan fingerprint density at radius 2 is 1.50 bits per heavy atom. The van der Waals surface area contributed by atoms with Crippen molar-refractivity contribution in [3.05, 3.63) is 71.8 Å². The Kier molecular flexibility index (Phi) is 6.07. The van der Waals surface area contributed by atoms with Gasteiger partial charge in [0.25, 0.3) is 0 Å². The molecule has 0 heterocycles. The fourth-order valence-corrected chi connectivity index (χ4v) is 3.74. The Bertz CT molecular complexity index is 556. The summed E-state index contributed by atoms with van der Waals surface area (Å²) in [6.45, 7) is 3.91. The van der Waals surface area contributed by atoms with Gasteiger partial charge in [0, 0.05) is 11.5 Å². The lowest BCUT2D eigenvalue weighted by atomic mass is 9.83. The highest BCUT2D eigenvalue weighted by molar-refractivity contribution is 7.98. The zero-order valence-corrected chi connectivity index (χ0v) is 14.0. The monoisotopic (exact) mass is 316 g/mol. The Labute approximate surface area is 137 Å². The van der Waals surface area contributed by atoms with Crippen LogP contribution in [0, 0.1) is 5.92 Å². The number of thioether (sulfide) groups is 1. The number of hydrogen-bond donors (Lipinski definition) is 2. The van der Waals surface area contributed by atoms with E-state index < -0.39 is 11.7 Å². The van der Waals surface area contributed by atoms with Crippen LogP contribution in [-0.2, 0) is 5.75 Å². The first-order chi connectivity index (χ1) is 10.5. The number of aliphatic hydroxyl groups excluding tert-OH is 1. The number of aliphatic hydroxyl groups is 2. The molecule has 0 aromatic heterocycles. The standard InChI is InChI=1S/C19H24O2S/c1-15(2)19(21,18(20)17-11-7-4-8-12-17)14-22-13-16-9-5-3-6-10-16/h3-12,15,18,20-21H,13-14H2,1-2H3/t18-,19+/m1/s1. The summed E-state index contributed by atoms with van der Waals surface area (Å²) in [6, 6.07) is 19.6. The largest absolute Gasteiger partial charge is 0.386 e. The van der Waals surface area contributed by atoms with Crippen LogP contribution in [0.5, 0.6) is 0 Å². The van der Waals surface area contributed by atoms with E-state index in [4.69, 9.17) is 0 Å². The molecule has 3 heteroatoms. The van der Waals surface area contributed by atoms with Crippen LogP contribution >= 0.6 is 11.8 Å². The molecule has 0 saturated carbocycles. The number of benzene rings is 2. The summed E-state index contributed by atoms with van der Waals surface area (Å²) < 4.78 is 0. The molecule has 0 unspecified atom stereocenters. The Morgan fingerprint density at radius 3 is 2.05 bits per heavy atom. The molecule has 0 aliphatic carbocycles. The molecule has 2 nitrogen and oxygen atoms in total. The van der Waals surface area contributed by atoms with Gasteiger partial charge in [0.05, 0.1) is 0 Å². The highest BCUT2D eigenvalue weighted by Gasteiger charge is 2.39. The molecule has 2 N–H and O–H groups in total. The first kappa shape index (κ1) is 17.1. The minimum Gasteiger partial charge on any atom is -0.386 e. The number of rotatable bonds is 7. The van der Waals surface area contributed by atoms with Crippen molar-refractivity contribution in [2.75, 3.05) is 5.75 Å². The van der Waals surface area contributed by atoms with Crippen LogP contribution in [-0.4, -0.2) is 21.6 Å². The lowest BCUT2D eigenvalue weighted by Crippen LogP contribution is -2.44. The molecule has 0 amide bonds. The van der Waals surface area contributed by atoms with E-state index in [1.54, 1.807) is 11.8 Å². The smallest absolute Gasteiger partial charge is 0.109 e. The van der Waals surface area contributed by atoms with Crippen molar-refractivity contribution in [2.24, 2.45) is 5.92 Å². The molecule has 0 radical (unpaired) electrons. The van der Waals surface area contributed by atoms with Gasteiger partial charge in [-0.15, -0.1) is 0 Å². The van der Waals surface area contributed by atoms with Crippen molar-refractivity contribution in [3.63, 3.8) is 0 Å². The molecule has 0 bridgehead atoms. The van der Waals surface area contributed by atoms with E-state index in [0.29, 0.717) is 5.75 Å². The van der Waals surface area contributed by atoms with Crippen LogP contribution in [0.4, 0.5) is 0 Å². The van der Waals surface area contributed by atoms with Gasteiger partial charge in [-0.2, -0.15) is 11.8 Å². The summed E-state index contributed by atoms with van der Waals surface area (Å²) >= 11 is 1.65. The maximum atomic E-state index is 11.0. The van der Waals surface area contributed by atoms with E-state index in [9.17, 15) is 10.2 Å². The van der Waals surface area contributed by atoms with Crippen molar-refractivity contribution in [2.45, 2.75) is 31.3 Å². The quantitative estimate of drug-likeness (QED) is 0.810. The van der Waals surface area contributed by atoms with Gasteiger partial charge in [-0.05, 0) is 17.0 Å². The van der Waals surface area contributed by atoms with Crippen molar-refractivity contribution in [1.29, 1.82) is 0 Å². The zero-order valence-electron chi connectivity index (χ0n) is 13.1. The second-order valence-corrected chi connectivity index (χ2v) is 6.92. The zero-order chi connectivity index (χ0) is 16.0. The molecule has 0 aliphatic rings. The predicted octanol–water partition coefficient (Wildman–Crippen LogP) is 4.04. The Morgan fingerprint density at radius 1 is 0.955 bits per heavy atom. The van der Waals surface area contributed by atoms with Crippen molar-refractivity contribution in [3.8, 4) is 0 Å². The molecule has 118 valence electrons. The maximum absolute atomic E-state index is 11.0. The van der Waals surface area contributed by atoms with E-state index >= 15 is 0 Å².